The van der Waals surface area contributed by atoms with E-state index in [1.807, 2.05) is 42.5 Å². The minimum absolute atomic E-state index is 0.0140. The van der Waals surface area contributed by atoms with Crippen molar-refractivity contribution in [1.29, 1.82) is 0 Å². The highest BCUT2D eigenvalue weighted by molar-refractivity contribution is 7.89. The van der Waals surface area contributed by atoms with E-state index in [4.69, 9.17) is 11.6 Å². The van der Waals surface area contributed by atoms with E-state index in [2.05, 4.69) is 10.0 Å². The zero-order valence-electron chi connectivity index (χ0n) is 18.7. The number of carboxylic acid groups (broad SMARTS) is 1. The van der Waals surface area contributed by atoms with Crippen LogP contribution in [0.25, 0.3) is 17.2 Å². The normalized spacial score (nSPS) is 12.4. The standard InChI is InChI=1S/C26H25ClN2O5S/c27-22-13-9-20(10-14-22)21-11-15-23(16-12-21)35(33,34)29-24(26(31)32)7-4-18-28-25(30)17-8-19-5-2-1-3-6-19/h1-3,5-6,8-17,24,29H,4,7,18H2,(H,28,30)(H,31,32)/b17-8+/t24-/m0/s1. The first-order chi connectivity index (χ1) is 16.7. The van der Waals surface area contributed by atoms with Gasteiger partial charge in [-0.3, -0.25) is 9.59 Å². The Bertz CT molecular complexity index is 1280. The predicted octanol–water partition coefficient (Wildman–Crippen LogP) is 4.35. The summed E-state index contributed by atoms with van der Waals surface area (Å²) in [6.07, 6.45) is 3.35. The molecule has 35 heavy (non-hydrogen) atoms. The van der Waals surface area contributed by atoms with Gasteiger partial charge in [-0.15, -0.1) is 0 Å². The Labute approximate surface area is 209 Å². The molecule has 0 saturated carbocycles. The highest BCUT2D eigenvalue weighted by Gasteiger charge is 2.25. The summed E-state index contributed by atoms with van der Waals surface area (Å²) in [5, 5.41) is 12.7. The van der Waals surface area contributed by atoms with Crippen LogP contribution in [-0.4, -0.2) is 38.0 Å². The van der Waals surface area contributed by atoms with Crippen LogP contribution in [0.5, 0.6) is 0 Å². The van der Waals surface area contributed by atoms with Crippen LogP contribution in [0.1, 0.15) is 18.4 Å². The highest BCUT2D eigenvalue weighted by atomic mass is 35.5. The second-order valence-electron chi connectivity index (χ2n) is 7.72. The van der Waals surface area contributed by atoms with Crippen LogP contribution in [-0.2, 0) is 19.6 Å². The van der Waals surface area contributed by atoms with Gasteiger partial charge in [-0.1, -0.05) is 66.2 Å². The molecule has 3 aromatic rings. The topological polar surface area (TPSA) is 113 Å². The van der Waals surface area contributed by atoms with Gasteiger partial charge in [0.1, 0.15) is 6.04 Å². The SMILES string of the molecule is O=C(/C=C/c1ccccc1)NCCC[C@H](NS(=O)(=O)c1ccc(-c2ccc(Cl)cc2)cc1)C(=O)O. The molecule has 0 aliphatic rings. The Hall–Kier alpha value is -3.46. The molecule has 0 saturated heterocycles. The minimum Gasteiger partial charge on any atom is -0.480 e. The summed E-state index contributed by atoms with van der Waals surface area (Å²) < 4.78 is 27.7. The van der Waals surface area contributed by atoms with Crippen LogP contribution in [0.4, 0.5) is 0 Å². The number of carbonyl (C=O) groups is 2. The number of aliphatic carboxylic acids is 1. The molecule has 0 bridgehead atoms. The van der Waals surface area contributed by atoms with E-state index < -0.39 is 22.0 Å². The van der Waals surface area contributed by atoms with Gasteiger partial charge in [-0.25, -0.2) is 8.42 Å². The number of amides is 1. The van der Waals surface area contributed by atoms with Gasteiger partial charge in [0.15, 0.2) is 0 Å². The molecule has 0 aliphatic heterocycles. The number of rotatable bonds is 11. The predicted molar refractivity (Wildman–Crippen MR) is 136 cm³/mol. The third-order valence-corrected chi connectivity index (χ3v) is 6.87. The molecule has 1 amide bonds. The first-order valence-electron chi connectivity index (χ1n) is 10.9. The highest BCUT2D eigenvalue weighted by Crippen LogP contribution is 2.23. The fourth-order valence-corrected chi connectivity index (χ4v) is 4.62. The summed E-state index contributed by atoms with van der Waals surface area (Å²) in [6.45, 7) is 0.208. The Morgan fingerprint density at radius 3 is 2.11 bits per heavy atom. The number of benzene rings is 3. The molecule has 0 aromatic heterocycles. The van der Waals surface area contributed by atoms with Crippen molar-refractivity contribution >= 4 is 39.6 Å². The van der Waals surface area contributed by atoms with Crippen molar-refractivity contribution in [3.63, 3.8) is 0 Å². The van der Waals surface area contributed by atoms with Gasteiger partial charge < -0.3 is 10.4 Å². The number of carboxylic acids is 1. The van der Waals surface area contributed by atoms with Crippen LogP contribution in [0.3, 0.4) is 0 Å². The van der Waals surface area contributed by atoms with Gasteiger partial charge in [-0.2, -0.15) is 4.72 Å². The van der Waals surface area contributed by atoms with Crippen molar-refractivity contribution in [2.45, 2.75) is 23.8 Å². The largest absolute Gasteiger partial charge is 0.480 e. The van der Waals surface area contributed by atoms with Crippen LogP contribution in [0, 0.1) is 0 Å². The van der Waals surface area contributed by atoms with E-state index in [0.29, 0.717) is 5.02 Å². The zero-order chi connectivity index (χ0) is 25.3. The van der Waals surface area contributed by atoms with Gasteiger partial charge in [0.05, 0.1) is 4.90 Å². The summed E-state index contributed by atoms with van der Waals surface area (Å²) in [6, 6.07) is 21.2. The number of halogens is 1. The van der Waals surface area contributed by atoms with Gasteiger partial charge in [-0.05, 0) is 59.9 Å². The van der Waals surface area contributed by atoms with Crippen LogP contribution < -0.4 is 10.0 Å². The van der Waals surface area contributed by atoms with Crippen molar-refractivity contribution in [2.24, 2.45) is 0 Å². The van der Waals surface area contributed by atoms with Gasteiger partial charge >= 0.3 is 5.97 Å². The van der Waals surface area contributed by atoms with Crippen molar-refractivity contribution in [2.75, 3.05) is 6.54 Å². The van der Waals surface area contributed by atoms with E-state index >= 15 is 0 Å². The molecule has 3 N–H and O–H groups in total. The fourth-order valence-electron chi connectivity index (χ4n) is 3.27. The quantitative estimate of drug-likeness (QED) is 0.261. The second-order valence-corrected chi connectivity index (χ2v) is 9.87. The summed E-state index contributed by atoms with van der Waals surface area (Å²) in [5.74, 6) is -1.61. The number of hydrogen-bond donors (Lipinski definition) is 3. The molecule has 3 aromatic carbocycles. The van der Waals surface area contributed by atoms with Gasteiger partial charge in [0.25, 0.3) is 0 Å². The van der Waals surface area contributed by atoms with Crippen molar-refractivity contribution in [1.82, 2.24) is 10.0 Å². The smallest absolute Gasteiger partial charge is 0.321 e. The molecular weight excluding hydrogens is 488 g/mol. The van der Waals surface area contributed by atoms with Gasteiger partial charge in [0, 0.05) is 17.6 Å². The van der Waals surface area contributed by atoms with E-state index in [9.17, 15) is 23.1 Å². The van der Waals surface area contributed by atoms with E-state index in [-0.39, 0.29) is 30.2 Å². The van der Waals surface area contributed by atoms with Crippen molar-refractivity contribution < 1.29 is 23.1 Å². The molecule has 0 spiro atoms. The lowest BCUT2D eigenvalue weighted by Gasteiger charge is -2.15. The molecule has 0 unspecified atom stereocenters. The molecule has 0 heterocycles. The minimum atomic E-state index is -4.05. The Balaban J connectivity index is 1.53. The fraction of sp³-hybridized carbons (Fsp3) is 0.154. The lowest BCUT2D eigenvalue weighted by Crippen LogP contribution is -2.41. The number of carbonyl (C=O) groups excluding carboxylic acids is 1. The Kier molecular flexibility index (Phi) is 9.19. The first kappa shape index (κ1) is 26.2. The summed E-state index contributed by atoms with van der Waals surface area (Å²) in [7, 11) is -4.05. The zero-order valence-corrected chi connectivity index (χ0v) is 20.3. The third kappa shape index (κ3) is 8.06. The molecule has 9 heteroatoms. The lowest BCUT2D eigenvalue weighted by molar-refractivity contribution is -0.139. The van der Waals surface area contributed by atoms with Crippen molar-refractivity contribution in [3.8, 4) is 11.1 Å². The lowest BCUT2D eigenvalue weighted by atomic mass is 10.1. The molecule has 7 nitrogen and oxygen atoms in total. The Morgan fingerprint density at radius 1 is 0.914 bits per heavy atom. The maximum Gasteiger partial charge on any atom is 0.321 e. The Morgan fingerprint density at radius 2 is 1.51 bits per heavy atom. The van der Waals surface area contributed by atoms with E-state index in [0.717, 1.165) is 16.7 Å². The average Bonchev–Trinajstić information content (AvgIpc) is 2.85. The van der Waals surface area contributed by atoms with Crippen LogP contribution in [0.2, 0.25) is 5.02 Å². The maximum atomic E-state index is 12.7. The molecule has 182 valence electrons. The second kappa shape index (κ2) is 12.3. The number of sulfonamides is 1. The van der Waals surface area contributed by atoms with Gasteiger partial charge in [0.2, 0.25) is 15.9 Å². The summed E-state index contributed by atoms with van der Waals surface area (Å²) in [5.41, 5.74) is 2.55. The van der Waals surface area contributed by atoms with Crippen LogP contribution in [0.15, 0.2) is 89.8 Å². The average molecular weight is 513 g/mol. The third-order valence-electron chi connectivity index (χ3n) is 5.13. The summed E-state index contributed by atoms with van der Waals surface area (Å²) >= 11 is 5.90. The van der Waals surface area contributed by atoms with E-state index in [1.54, 1.807) is 30.3 Å². The molecule has 0 fully saturated rings. The maximum absolute atomic E-state index is 12.7. The van der Waals surface area contributed by atoms with Crippen LogP contribution >= 0.6 is 11.6 Å². The first-order valence-corrected chi connectivity index (χ1v) is 12.7. The molecule has 0 aliphatic carbocycles. The monoisotopic (exact) mass is 512 g/mol. The summed E-state index contributed by atoms with van der Waals surface area (Å²) in [4.78, 5) is 23.5. The molecular formula is C26H25ClN2O5S. The van der Waals surface area contributed by atoms with Crippen molar-refractivity contribution in [3.05, 3.63) is 95.5 Å². The number of hydrogen-bond acceptors (Lipinski definition) is 4. The molecule has 1 atom stereocenters. The van der Waals surface area contributed by atoms with E-state index in [1.165, 1.54) is 18.2 Å². The molecule has 0 radical (unpaired) electrons. The molecule has 3 rings (SSSR count). The number of nitrogens with one attached hydrogen (secondary N) is 2.